The van der Waals surface area contributed by atoms with Crippen LogP contribution in [0.2, 0.25) is 0 Å². The van der Waals surface area contributed by atoms with E-state index in [4.69, 9.17) is 0 Å². The van der Waals surface area contributed by atoms with Crippen LogP contribution in [-0.2, 0) is 5.75 Å². The van der Waals surface area contributed by atoms with Crippen LogP contribution in [0, 0.1) is 13.8 Å². The molecule has 1 atom stereocenters. The highest BCUT2D eigenvalue weighted by Crippen LogP contribution is 2.17. The number of aryl methyl sites for hydroxylation is 2. The highest BCUT2D eigenvalue weighted by molar-refractivity contribution is 7.98. The van der Waals surface area contributed by atoms with Crippen LogP contribution < -0.4 is 5.32 Å². The fourth-order valence-corrected chi connectivity index (χ4v) is 3.24. The molecule has 2 heteroatoms. The van der Waals surface area contributed by atoms with E-state index in [0.29, 0.717) is 6.04 Å². The van der Waals surface area contributed by atoms with Gasteiger partial charge in [-0.3, -0.25) is 0 Å². The van der Waals surface area contributed by atoms with Crippen LogP contribution in [0.1, 0.15) is 49.8 Å². The first kappa shape index (κ1) is 16.6. The predicted octanol–water partition coefficient (Wildman–Crippen LogP) is 4.70. The third-order valence-electron chi connectivity index (χ3n) is 3.22. The minimum atomic E-state index is 0.668. The molecule has 0 heterocycles. The second-order valence-corrected chi connectivity index (χ2v) is 6.65. The summed E-state index contributed by atoms with van der Waals surface area (Å²) in [6.45, 7) is 10.0. The van der Waals surface area contributed by atoms with E-state index in [1.807, 2.05) is 0 Å². The first-order valence-corrected chi connectivity index (χ1v) is 8.65. The normalized spacial score (nSPS) is 12.6. The summed E-state index contributed by atoms with van der Waals surface area (Å²) in [5, 5.41) is 3.55. The lowest BCUT2D eigenvalue weighted by Crippen LogP contribution is -2.26. The van der Waals surface area contributed by atoms with Gasteiger partial charge in [0, 0.05) is 11.8 Å². The van der Waals surface area contributed by atoms with Gasteiger partial charge in [-0.15, -0.1) is 0 Å². The van der Waals surface area contributed by atoms with Crippen LogP contribution in [-0.4, -0.2) is 18.3 Å². The van der Waals surface area contributed by atoms with Crippen molar-refractivity contribution in [2.75, 3.05) is 12.3 Å². The Bertz CT molecular complexity index is 342. The number of hydrogen-bond donors (Lipinski definition) is 1. The molecule has 0 aromatic heterocycles. The molecule has 1 N–H and O–H groups in total. The summed E-state index contributed by atoms with van der Waals surface area (Å²) in [6.07, 6.45) is 3.83. The summed E-state index contributed by atoms with van der Waals surface area (Å²) in [4.78, 5) is 0. The molecular weight excluding hydrogens is 250 g/mol. The van der Waals surface area contributed by atoms with E-state index < -0.39 is 0 Å². The molecule has 0 aliphatic carbocycles. The lowest BCUT2D eigenvalue weighted by atomic mass is 10.1. The van der Waals surface area contributed by atoms with Gasteiger partial charge >= 0.3 is 0 Å². The maximum atomic E-state index is 3.55. The monoisotopic (exact) mass is 279 g/mol. The van der Waals surface area contributed by atoms with Gasteiger partial charge in [-0.1, -0.05) is 36.2 Å². The standard InChI is InChI=1S/C17H29NS/c1-5-8-18-16(4)7-6-9-19-13-17-11-14(2)10-15(3)12-17/h10-12,16,18H,5-9,13H2,1-4H3. The van der Waals surface area contributed by atoms with Gasteiger partial charge in [-0.25, -0.2) is 0 Å². The number of hydrogen-bond acceptors (Lipinski definition) is 2. The number of rotatable bonds is 9. The smallest absolute Gasteiger partial charge is 0.0184 e. The molecule has 1 aromatic carbocycles. The zero-order valence-corrected chi connectivity index (χ0v) is 13.8. The highest BCUT2D eigenvalue weighted by Gasteiger charge is 2.01. The summed E-state index contributed by atoms with van der Waals surface area (Å²) < 4.78 is 0. The zero-order valence-electron chi connectivity index (χ0n) is 13.0. The van der Waals surface area contributed by atoms with Crippen molar-refractivity contribution in [3.8, 4) is 0 Å². The lowest BCUT2D eigenvalue weighted by molar-refractivity contribution is 0.510. The molecule has 0 amide bonds. The van der Waals surface area contributed by atoms with E-state index in [1.165, 1.54) is 41.7 Å². The molecule has 108 valence electrons. The van der Waals surface area contributed by atoms with E-state index in [1.54, 1.807) is 0 Å². The van der Waals surface area contributed by atoms with Crippen molar-refractivity contribution in [2.45, 2.75) is 58.8 Å². The van der Waals surface area contributed by atoms with Gasteiger partial charge in [0.05, 0.1) is 0 Å². The second kappa shape index (κ2) is 9.44. The van der Waals surface area contributed by atoms with Gasteiger partial charge in [-0.05, 0) is 57.9 Å². The minimum absolute atomic E-state index is 0.668. The predicted molar refractivity (Wildman–Crippen MR) is 89.1 cm³/mol. The molecule has 0 spiro atoms. The minimum Gasteiger partial charge on any atom is -0.314 e. The lowest BCUT2D eigenvalue weighted by Gasteiger charge is -2.12. The Morgan fingerprint density at radius 1 is 1.16 bits per heavy atom. The SMILES string of the molecule is CCCNC(C)CCCSCc1cc(C)cc(C)c1. The fraction of sp³-hybridized carbons (Fsp3) is 0.647. The van der Waals surface area contributed by atoms with Crippen molar-refractivity contribution in [1.82, 2.24) is 5.32 Å². The van der Waals surface area contributed by atoms with Crippen LogP contribution in [0.25, 0.3) is 0 Å². The summed E-state index contributed by atoms with van der Waals surface area (Å²) in [5.41, 5.74) is 4.24. The third-order valence-corrected chi connectivity index (χ3v) is 4.33. The number of benzene rings is 1. The molecule has 0 aliphatic rings. The van der Waals surface area contributed by atoms with E-state index >= 15 is 0 Å². The van der Waals surface area contributed by atoms with Gasteiger partial charge in [0.15, 0.2) is 0 Å². The summed E-state index contributed by atoms with van der Waals surface area (Å²) in [7, 11) is 0. The van der Waals surface area contributed by atoms with Crippen LogP contribution in [0.5, 0.6) is 0 Å². The Morgan fingerprint density at radius 2 is 1.84 bits per heavy atom. The van der Waals surface area contributed by atoms with Gasteiger partial charge in [0.2, 0.25) is 0 Å². The molecule has 0 bridgehead atoms. The Kier molecular flexibility index (Phi) is 8.24. The van der Waals surface area contributed by atoms with E-state index in [2.05, 4.69) is 63.0 Å². The Balaban J connectivity index is 2.13. The molecule has 19 heavy (non-hydrogen) atoms. The Hall–Kier alpha value is -0.470. The molecular formula is C17H29NS. The number of thioether (sulfide) groups is 1. The van der Waals surface area contributed by atoms with Crippen molar-refractivity contribution >= 4 is 11.8 Å². The average Bonchev–Trinajstić information content (AvgIpc) is 2.34. The van der Waals surface area contributed by atoms with Gasteiger partial charge < -0.3 is 5.32 Å². The van der Waals surface area contributed by atoms with Crippen molar-refractivity contribution in [2.24, 2.45) is 0 Å². The molecule has 0 saturated heterocycles. The molecule has 0 aliphatic heterocycles. The van der Waals surface area contributed by atoms with Crippen molar-refractivity contribution in [3.05, 3.63) is 34.9 Å². The zero-order chi connectivity index (χ0) is 14.1. The van der Waals surface area contributed by atoms with E-state index in [9.17, 15) is 0 Å². The fourth-order valence-electron chi connectivity index (χ4n) is 2.33. The molecule has 0 saturated carbocycles. The van der Waals surface area contributed by atoms with Crippen molar-refractivity contribution in [3.63, 3.8) is 0 Å². The van der Waals surface area contributed by atoms with Crippen molar-refractivity contribution in [1.29, 1.82) is 0 Å². The highest BCUT2D eigenvalue weighted by atomic mass is 32.2. The molecule has 1 rings (SSSR count). The maximum Gasteiger partial charge on any atom is 0.0184 e. The van der Waals surface area contributed by atoms with Crippen LogP contribution >= 0.6 is 11.8 Å². The van der Waals surface area contributed by atoms with E-state index in [0.717, 1.165) is 12.3 Å². The molecule has 1 nitrogen and oxygen atoms in total. The molecule has 1 aromatic rings. The van der Waals surface area contributed by atoms with Gasteiger partial charge in [-0.2, -0.15) is 11.8 Å². The van der Waals surface area contributed by atoms with Crippen LogP contribution in [0.15, 0.2) is 18.2 Å². The summed E-state index contributed by atoms with van der Waals surface area (Å²) >= 11 is 2.06. The first-order valence-electron chi connectivity index (χ1n) is 7.50. The Morgan fingerprint density at radius 3 is 2.47 bits per heavy atom. The Labute approximate surface area is 123 Å². The largest absolute Gasteiger partial charge is 0.314 e. The van der Waals surface area contributed by atoms with Gasteiger partial charge in [0.25, 0.3) is 0 Å². The maximum absolute atomic E-state index is 3.55. The van der Waals surface area contributed by atoms with Gasteiger partial charge in [0.1, 0.15) is 0 Å². The van der Waals surface area contributed by atoms with Crippen molar-refractivity contribution < 1.29 is 0 Å². The average molecular weight is 279 g/mol. The van der Waals surface area contributed by atoms with Crippen LogP contribution in [0.3, 0.4) is 0 Å². The second-order valence-electron chi connectivity index (χ2n) is 5.55. The third kappa shape index (κ3) is 7.64. The molecule has 0 radical (unpaired) electrons. The molecule has 1 unspecified atom stereocenters. The summed E-state index contributed by atoms with van der Waals surface area (Å²) in [5.74, 6) is 2.42. The van der Waals surface area contributed by atoms with E-state index in [-0.39, 0.29) is 0 Å². The summed E-state index contributed by atoms with van der Waals surface area (Å²) in [6, 6.07) is 7.54. The molecule has 0 fully saturated rings. The number of nitrogens with one attached hydrogen (secondary N) is 1. The topological polar surface area (TPSA) is 12.0 Å². The van der Waals surface area contributed by atoms with Crippen LogP contribution in [0.4, 0.5) is 0 Å². The quantitative estimate of drug-likeness (QED) is 0.657. The first-order chi connectivity index (χ1) is 9.11.